The van der Waals surface area contributed by atoms with E-state index in [1.54, 1.807) is 12.1 Å². The second kappa shape index (κ2) is 8.44. The summed E-state index contributed by atoms with van der Waals surface area (Å²) in [6, 6.07) is 16.3. The summed E-state index contributed by atoms with van der Waals surface area (Å²) < 4.78 is 5.33. The van der Waals surface area contributed by atoms with Crippen molar-refractivity contribution < 1.29 is 14.5 Å². The third-order valence-electron chi connectivity index (χ3n) is 4.31. The average Bonchev–Trinajstić information content (AvgIpc) is 3.07. The molecule has 1 aliphatic heterocycles. The van der Waals surface area contributed by atoms with E-state index in [9.17, 15) is 14.9 Å². The number of likely N-dealkylation sites (tertiary alicyclic amines) is 1. The molecule has 1 unspecified atom stereocenters. The van der Waals surface area contributed by atoms with Crippen molar-refractivity contribution in [3.05, 3.63) is 70.3 Å². The number of amides is 1. The number of carbonyl (C=O) groups is 1. The SMILES string of the molecule is O=C(COc1ccccc1[N+](=O)[O-])NC1CCN(Cc2ccccc2)C1. The van der Waals surface area contributed by atoms with Gasteiger partial charge in [0, 0.05) is 31.7 Å². The van der Waals surface area contributed by atoms with E-state index in [0.29, 0.717) is 0 Å². The molecule has 0 bridgehead atoms. The summed E-state index contributed by atoms with van der Waals surface area (Å²) in [5, 5.41) is 13.9. The van der Waals surface area contributed by atoms with Crippen LogP contribution in [0, 0.1) is 10.1 Å². The molecule has 1 aliphatic rings. The summed E-state index contributed by atoms with van der Waals surface area (Å²) in [7, 11) is 0. The zero-order valence-electron chi connectivity index (χ0n) is 14.3. The third kappa shape index (κ3) is 4.80. The Morgan fingerprint density at radius 1 is 1.19 bits per heavy atom. The van der Waals surface area contributed by atoms with E-state index in [1.165, 1.54) is 17.7 Å². The van der Waals surface area contributed by atoms with Crippen LogP contribution in [0.25, 0.3) is 0 Å². The van der Waals surface area contributed by atoms with Crippen molar-refractivity contribution in [3.63, 3.8) is 0 Å². The van der Waals surface area contributed by atoms with E-state index in [-0.39, 0.29) is 30.0 Å². The monoisotopic (exact) mass is 355 g/mol. The molecule has 0 radical (unpaired) electrons. The lowest BCUT2D eigenvalue weighted by molar-refractivity contribution is -0.385. The number of benzene rings is 2. The van der Waals surface area contributed by atoms with E-state index in [4.69, 9.17) is 4.74 Å². The van der Waals surface area contributed by atoms with Crippen molar-refractivity contribution in [2.45, 2.75) is 19.0 Å². The Labute approximate surface area is 151 Å². The highest BCUT2D eigenvalue weighted by Gasteiger charge is 2.24. The molecule has 2 aromatic carbocycles. The van der Waals surface area contributed by atoms with Crippen LogP contribution in [-0.2, 0) is 11.3 Å². The largest absolute Gasteiger partial charge is 0.477 e. The van der Waals surface area contributed by atoms with Crippen LogP contribution in [0.5, 0.6) is 5.75 Å². The first-order valence-corrected chi connectivity index (χ1v) is 8.53. The van der Waals surface area contributed by atoms with Gasteiger partial charge < -0.3 is 10.1 Å². The fourth-order valence-electron chi connectivity index (χ4n) is 3.08. The number of nitrogens with zero attached hydrogens (tertiary/aromatic N) is 2. The van der Waals surface area contributed by atoms with Crippen molar-refractivity contribution in [1.82, 2.24) is 10.2 Å². The number of nitro benzene ring substituents is 1. The first-order chi connectivity index (χ1) is 12.6. The molecule has 0 spiro atoms. The molecule has 3 rings (SSSR count). The molecule has 0 saturated carbocycles. The van der Waals surface area contributed by atoms with Crippen LogP contribution in [-0.4, -0.2) is 41.5 Å². The van der Waals surface area contributed by atoms with Gasteiger partial charge in [-0.1, -0.05) is 42.5 Å². The van der Waals surface area contributed by atoms with Gasteiger partial charge in [0.05, 0.1) is 4.92 Å². The zero-order valence-corrected chi connectivity index (χ0v) is 14.3. The van der Waals surface area contributed by atoms with E-state index in [0.717, 1.165) is 26.1 Å². The Morgan fingerprint density at radius 3 is 2.69 bits per heavy atom. The quantitative estimate of drug-likeness (QED) is 0.609. The molecular formula is C19H21N3O4. The number of hydrogen-bond acceptors (Lipinski definition) is 5. The molecule has 136 valence electrons. The number of ether oxygens (including phenoxy) is 1. The molecule has 7 heteroatoms. The predicted octanol–water partition coefficient (Wildman–Crippen LogP) is 2.36. The molecule has 0 aliphatic carbocycles. The minimum Gasteiger partial charge on any atom is -0.477 e. The molecular weight excluding hydrogens is 334 g/mol. The van der Waals surface area contributed by atoms with Crippen LogP contribution in [0.15, 0.2) is 54.6 Å². The number of para-hydroxylation sites is 2. The van der Waals surface area contributed by atoms with Crippen LogP contribution in [0.4, 0.5) is 5.69 Å². The fourth-order valence-corrected chi connectivity index (χ4v) is 3.08. The van der Waals surface area contributed by atoms with Crippen molar-refractivity contribution >= 4 is 11.6 Å². The Kier molecular flexibility index (Phi) is 5.80. The minimum absolute atomic E-state index is 0.0700. The first kappa shape index (κ1) is 17.9. The number of nitrogens with one attached hydrogen (secondary N) is 1. The van der Waals surface area contributed by atoms with E-state index < -0.39 is 4.92 Å². The number of carbonyl (C=O) groups excluding carboxylic acids is 1. The summed E-state index contributed by atoms with van der Waals surface area (Å²) in [4.78, 5) is 24.8. The highest BCUT2D eigenvalue weighted by molar-refractivity contribution is 5.78. The van der Waals surface area contributed by atoms with Gasteiger partial charge in [0.15, 0.2) is 12.4 Å². The van der Waals surface area contributed by atoms with Gasteiger partial charge in [-0.05, 0) is 18.1 Å². The molecule has 7 nitrogen and oxygen atoms in total. The van der Waals surface area contributed by atoms with Crippen LogP contribution in [0.2, 0.25) is 0 Å². The fraction of sp³-hybridized carbons (Fsp3) is 0.316. The Bertz CT molecular complexity index is 766. The number of nitro groups is 1. The lowest BCUT2D eigenvalue weighted by Crippen LogP contribution is -2.39. The molecule has 2 aromatic rings. The first-order valence-electron chi connectivity index (χ1n) is 8.53. The maximum absolute atomic E-state index is 12.1. The average molecular weight is 355 g/mol. The smallest absolute Gasteiger partial charge is 0.310 e. The number of hydrogen-bond donors (Lipinski definition) is 1. The standard InChI is InChI=1S/C19H21N3O4/c23-19(14-26-18-9-5-4-8-17(18)22(24)25)20-16-10-11-21(13-16)12-15-6-2-1-3-7-15/h1-9,16H,10-14H2,(H,20,23). The van der Waals surface area contributed by atoms with Crippen LogP contribution in [0.1, 0.15) is 12.0 Å². The van der Waals surface area contributed by atoms with Gasteiger partial charge >= 0.3 is 5.69 Å². The molecule has 1 atom stereocenters. The van der Waals surface area contributed by atoms with Crippen LogP contribution < -0.4 is 10.1 Å². The molecule has 1 heterocycles. The maximum Gasteiger partial charge on any atom is 0.310 e. The highest BCUT2D eigenvalue weighted by atomic mass is 16.6. The predicted molar refractivity (Wildman–Crippen MR) is 96.9 cm³/mol. The van der Waals surface area contributed by atoms with E-state index in [2.05, 4.69) is 22.3 Å². The topological polar surface area (TPSA) is 84.7 Å². The van der Waals surface area contributed by atoms with Gasteiger partial charge in [-0.3, -0.25) is 19.8 Å². The Morgan fingerprint density at radius 2 is 1.92 bits per heavy atom. The molecule has 0 aromatic heterocycles. The highest BCUT2D eigenvalue weighted by Crippen LogP contribution is 2.25. The molecule has 1 fully saturated rings. The summed E-state index contributed by atoms with van der Waals surface area (Å²) in [5.74, 6) is -0.167. The van der Waals surface area contributed by atoms with Crippen LogP contribution >= 0.6 is 0 Å². The van der Waals surface area contributed by atoms with Crippen molar-refractivity contribution in [2.75, 3.05) is 19.7 Å². The summed E-state index contributed by atoms with van der Waals surface area (Å²) in [6.07, 6.45) is 0.879. The van der Waals surface area contributed by atoms with Crippen LogP contribution in [0.3, 0.4) is 0 Å². The summed E-state index contributed by atoms with van der Waals surface area (Å²) in [5.41, 5.74) is 1.11. The van der Waals surface area contributed by atoms with Gasteiger partial charge in [-0.2, -0.15) is 0 Å². The third-order valence-corrected chi connectivity index (χ3v) is 4.31. The van der Waals surface area contributed by atoms with E-state index >= 15 is 0 Å². The van der Waals surface area contributed by atoms with Gasteiger partial charge in [0.2, 0.25) is 0 Å². The van der Waals surface area contributed by atoms with Gasteiger partial charge in [0.1, 0.15) is 0 Å². The molecule has 1 amide bonds. The Balaban J connectivity index is 1.45. The number of rotatable bonds is 7. The van der Waals surface area contributed by atoms with Crippen molar-refractivity contribution in [3.8, 4) is 5.75 Å². The van der Waals surface area contributed by atoms with Gasteiger partial charge in [0.25, 0.3) is 5.91 Å². The zero-order chi connectivity index (χ0) is 18.4. The normalized spacial score (nSPS) is 17.0. The van der Waals surface area contributed by atoms with E-state index in [1.807, 2.05) is 18.2 Å². The Hall–Kier alpha value is -2.93. The summed E-state index contributed by atoms with van der Waals surface area (Å²) >= 11 is 0. The second-order valence-electron chi connectivity index (χ2n) is 6.29. The van der Waals surface area contributed by atoms with Crippen molar-refractivity contribution in [1.29, 1.82) is 0 Å². The summed E-state index contributed by atoms with van der Waals surface area (Å²) in [6.45, 7) is 2.33. The lowest BCUT2D eigenvalue weighted by atomic mass is 10.2. The second-order valence-corrected chi connectivity index (χ2v) is 6.29. The van der Waals surface area contributed by atoms with Gasteiger partial charge in [-0.15, -0.1) is 0 Å². The van der Waals surface area contributed by atoms with Crippen molar-refractivity contribution in [2.24, 2.45) is 0 Å². The minimum atomic E-state index is -0.522. The maximum atomic E-state index is 12.1. The molecule has 1 N–H and O–H groups in total. The molecule has 1 saturated heterocycles. The lowest BCUT2D eigenvalue weighted by Gasteiger charge is -2.17. The van der Waals surface area contributed by atoms with Gasteiger partial charge in [-0.25, -0.2) is 0 Å². The molecule has 26 heavy (non-hydrogen) atoms.